The minimum Gasteiger partial charge on any atom is -0.478 e. The Kier molecular flexibility index (Phi) is 6.61. The quantitative estimate of drug-likeness (QED) is 0.417. The van der Waals surface area contributed by atoms with Gasteiger partial charge in [0.25, 0.3) is 0 Å². The third kappa shape index (κ3) is 5.28. The van der Waals surface area contributed by atoms with Crippen molar-refractivity contribution in [1.29, 1.82) is 0 Å². The van der Waals surface area contributed by atoms with Crippen LogP contribution in [0.2, 0.25) is 5.02 Å². The summed E-state index contributed by atoms with van der Waals surface area (Å²) in [6.07, 6.45) is -0.205. The number of benzene rings is 2. The van der Waals surface area contributed by atoms with E-state index in [9.17, 15) is 14.0 Å². The number of carbonyl (C=O) groups is 2. The van der Waals surface area contributed by atoms with E-state index >= 15 is 0 Å². The number of hydrogen-bond acceptors (Lipinski definition) is 6. The number of hydrogen-bond donors (Lipinski definition) is 2. The number of amides is 1. The van der Waals surface area contributed by atoms with Crippen molar-refractivity contribution in [2.45, 2.75) is 16.5 Å². The zero-order valence-electron chi connectivity index (χ0n) is 14.2. The highest BCUT2D eigenvalue weighted by molar-refractivity contribution is 8.00. The first-order valence-electron chi connectivity index (χ1n) is 7.93. The van der Waals surface area contributed by atoms with Gasteiger partial charge < -0.3 is 10.4 Å². The number of anilines is 1. The predicted octanol–water partition coefficient (Wildman–Crippen LogP) is 4.50. The minimum atomic E-state index is -0.972. The number of nitrogens with zero attached hydrogens (tertiary/aromatic N) is 2. The van der Waals surface area contributed by atoms with Crippen molar-refractivity contribution in [3.8, 4) is 0 Å². The van der Waals surface area contributed by atoms with Crippen LogP contribution in [0.4, 0.5) is 9.52 Å². The highest BCUT2D eigenvalue weighted by Gasteiger charge is 2.14. The van der Waals surface area contributed by atoms with Gasteiger partial charge in [0.2, 0.25) is 11.0 Å². The lowest BCUT2D eigenvalue weighted by Gasteiger charge is -2.05. The Morgan fingerprint density at radius 2 is 1.93 bits per heavy atom. The Labute approximate surface area is 172 Å². The Morgan fingerprint density at radius 1 is 1.18 bits per heavy atom. The van der Waals surface area contributed by atoms with Gasteiger partial charge in [-0.05, 0) is 29.8 Å². The molecule has 0 radical (unpaired) electrons. The maximum Gasteiger partial charge on any atom is 0.335 e. The third-order valence-electron chi connectivity index (χ3n) is 3.62. The van der Waals surface area contributed by atoms with Crippen LogP contribution < -0.4 is 5.32 Å². The van der Waals surface area contributed by atoms with E-state index in [1.807, 2.05) is 0 Å². The molecule has 10 heteroatoms. The molecule has 0 aliphatic heterocycles. The highest BCUT2D eigenvalue weighted by Crippen LogP contribution is 2.28. The van der Waals surface area contributed by atoms with Crippen molar-refractivity contribution in [3.05, 3.63) is 70.0 Å². The van der Waals surface area contributed by atoms with Gasteiger partial charge >= 0.3 is 5.97 Å². The van der Waals surface area contributed by atoms with E-state index in [-0.39, 0.29) is 22.6 Å². The molecule has 1 aromatic heterocycles. The molecule has 0 aliphatic carbocycles. The van der Waals surface area contributed by atoms with Crippen molar-refractivity contribution in [3.63, 3.8) is 0 Å². The maximum atomic E-state index is 13.8. The predicted molar refractivity (Wildman–Crippen MR) is 107 cm³/mol. The Balaban J connectivity index is 1.55. The normalized spacial score (nSPS) is 10.6. The summed E-state index contributed by atoms with van der Waals surface area (Å²) in [5.41, 5.74) is 1.29. The lowest BCUT2D eigenvalue weighted by Crippen LogP contribution is -2.15. The zero-order chi connectivity index (χ0) is 20.1. The first-order valence-corrected chi connectivity index (χ1v) is 10.1. The van der Waals surface area contributed by atoms with Crippen LogP contribution in [-0.2, 0) is 17.0 Å². The number of carbonyl (C=O) groups excluding carboxylic acids is 1. The average molecular weight is 438 g/mol. The lowest BCUT2D eigenvalue weighted by atomic mass is 10.1. The fourth-order valence-electron chi connectivity index (χ4n) is 2.23. The first kappa shape index (κ1) is 20.2. The van der Waals surface area contributed by atoms with E-state index in [0.717, 1.165) is 5.56 Å². The van der Waals surface area contributed by atoms with Gasteiger partial charge in [-0.1, -0.05) is 52.9 Å². The van der Waals surface area contributed by atoms with E-state index in [1.54, 1.807) is 12.1 Å². The summed E-state index contributed by atoms with van der Waals surface area (Å²) in [6, 6.07) is 10.8. The van der Waals surface area contributed by atoms with Crippen LogP contribution in [0.1, 0.15) is 21.5 Å². The smallest absolute Gasteiger partial charge is 0.335 e. The molecule has 144 valence electrons. The Hall–Kier alpha value is -2.49. The molecule has 3 aromatic rings. The summed E-state index contributed by atoms with van der Waals surface area (Å²) >= 11 is 8.53. The second-order valence-electron chi connectivity index (χ2n) is 5.59. The monoisotopic (exact) mass is 437 g/mol. The molecule has 2 N–H and O–H groups in total. The molecule has 0 unspecified atom stereocenters. The van der Waals surface area contributed by atoms with Gasteiger partial charge in [0.15, 0.2) is 4.34 Å². The molecule has 0 saturated carbocycles. The fraction of sp³-hybridized carbons (Fsp3) is 0.111. The summed E-state index contributed by atoms with van der Waals surface area (Å²) in [4.78, 5) is 23.0. The fourth-order valence-corrected chi connectivity index (χ4v) is 4.19. The Morgan fingerprint density at radius 3 is 2.61 bits per heavy atom. The molecule has 0 fully saturated rings. The summed E-state index contributed by atoms with van der Waals surface area (Å²) in [7, 11) is 0. The number of carboxylic acid groups (broad SMARTS) is 1. The molecule has 2 aromatic carbocycles. The summed E-state index contributed by atoms with van der Waals surface area (Å²) in [5, 5.41) is 19.9. The highest BCUT2D eigenvalue weighted by atomic mass is 35.5. The largest absolute Gasteiger partial charge is 0.478 e. The van der Waals surface area contributed by atoms with E-state index < -0.39 is 17.7 Å². The maximum absolute atomic E-state index is 13.8. The molecule has 0 atom stereocenters. The van der Waals surface area contributed by atoms with Crippen LogP contribution in [0.15, 0.2) is 46.8 Å². The number of carboxylic acids is 1. The van der Waals surface area contributed by atoms with E-state index in [4.69, 9.17) is 16.7 Å². The molecule has 0 saturated heterocycles. The molecule has 1 heterocycles. The van der Waals surface area contributed by atoms with Crippen molar-refractivity contribution < 1.29 is 19.1 Å². The second-order valence-corrected chi connectivity index (χ2v) is 8.20. The molecule has 0 aliphatic rings. The number of aromatic nitrogens is 2. The van der Waals surface area contributed by atoms with Gasteiger partial charge in [-0.3, -0.25) is 4.79 Å². The van der Waals surface area contributed by atoms with Gasteiger partial charge in [-0.15, -0.1) is 10.2 Å². The van der Waals surface area contributed by atoms with Crippen molar-refractivity contribution in [2.24, 2.45) is 0 Å². The van der Waals surface area contributed by atoms with Crippen LogP contribution in [0.3, 0.4) is 0 Å². The van der Waals surface area contributed by atoms with Gasteiger partial charge in [0.1, 0.15) is 5.82 Å². The van der Waals surface area contributed by atoms with Gasteiger partial charge in [0, 0.05) is 16.3 Å². The summed E-state index contributed by atoms with van der Waals surface area (Å²) < 4.78 is 14.4. The van der Waals surface area contributed by atoms with Crippen molar-refractivity contribution in [1.82, 2.24) is 10.2 Å². The number of aromatic carboxylic acids is 1. The van der Waals surface area contributed by atoms with E-state index in [0.29, 0.717) is 15.2 Å². The van der Waals surface area contributed by atoms with Crippen LogP contribution in [0.25, 0.3) is 0 Å². The van der Waals surface area contributed by atoms with E-state index in [1.165, 1.54) is 53.4 Å². The standard InChI is InChI=1S/C18H13ClFN3O3S2/c19-13-2-1-3-14(20)12(13)8-15(24)21-17-22-23-18(28-17)27-9-10-4-6-11(7-5-10)16(25)26/h1-7H,8-9H2,(H,25,26)(H,21,22,24). The topological polar surface area (TPSA) is 92.2 Å². The molecular formula is C18H13ClFN3O3S2. The average Bonchev–Trinajstić information content (AvgIpc) is 3.11. The van der Waals surface area contributed by atoms with Gasteiger partial charge in [0.05, 0.1) is 12.0 Å². The molecule has 0 bridgehead atoms. The third-order valence-corrected chi connectivity index (χ3v) is 6.01. The van der Waals surface area contributed by atoms with Crippen molar-refractivity contribution >= 4 is 51.7 Å². The van der Waals surface area contributed by atoms with Gasteiger partial charge in [-0.25, -0.2) is 9.18 Å². The first-order chi connectivity index (χ1) is 13.4. The SMILES string of the molecule is O=C(Cc1c(F)cccc1Cl)Nc1nnc(SCc2ccc(C(=O)O)cc2)s1. The van der Waals surface area contributed by atoms with E-state index in [2.05, 4.69) is 15.5 Å². The summed E-state index contributed by atoms with van der Waals surface area (Å²) in [5.74, 6) is -1.37. The molecular weight excluding hydrogens is 425 g/mol. The summed E-state index contributed by atoms with van der Waals surface area (Å²) in [6.45, 7) is 0. The lowest BCUT2D eigenvalue weighted by molar-refractivity contribution is -0.115. The molecule has 6 nitrogen and oxygen atoms in total. The van der Waals surface area contributed by atoms with Crippen LogP contribution in [-0.4, -0.2) is 27.2 Å². The van der Waals surface area contributed by atoms with Crippen LogP contribution in [0, 0.1) is 5.82 Å². The number of nitrogens with one attached hydrogen (secondary N) is 1. The van der Waals surface area contributed by atoms with Gasteiger partial charge in [-0.2, -0.15) is 0 Å². The number of halogens is 2. The van der Waals surface area contributed by atoms with Crippen LogP contribution in [0.5, 0.6) is 0 Å². The molecule has 1 amide bonds. The Bertz CT molecular complexity index is 991. The minimum absolute atomic E-state index is 0.130. The zero-order valence-corrected chi connectivity index (χ0v) is 16.6. The van der Waals surface area contributed by atoms with Crippen LogP contribution >= 0.6 is 34.7 Å². The molecule has 28 heavy (non-hydrogen) atoms. The molecule has 0 spiro atoms. The van der Waals surface area contributed by atoms with Crippen molar-refractivity contribution in [2.75, 3.05) is 5.32 Å². The molecule has 3 rings (SSSR count). The second kappa shape index (κ2) is 9.13. The number of rotatable bonds is 7. The number of thioether (sulfide) groups is 1.